The first-order valence-corrected chi connectivity index (χ1v) is 6.86. The Kier molecular flexibility index (Phi) is 2.59. The molecular formula is C14H13O2Si. The first-order chi connectivity index (χ1) is 8.36. The Labute approximate surface area is 103 Å². The monoisotopic (exact) mass is 241 g/mol. The van der Waals surface area contributed by atoms with Crippen LogP contribution in [0.15, 0.2) is 42.5 Å². The average Bonchev–Trinajstić information content (AvgIpc) is 2.37. The summed E-state index contributed by atoms with van der Waals surface area (Å²) in [6.07, 6.45) is 0. The molecule has 2 nitrogen and oxygen atoms in total. The van der Waals surface area contributed by atoms with Crippen molar-refractivity contribution >= 4 is 14.5 Å². The van der Waals surface area contributed by atoms with Crippen LogP contribution in [0.25, 0.3) is 22.3 Å². The second-order valence-corrected chi connectivity index (χ2v) is 5.90. The molecular weight excluding hydrogens is 228 g/mol. The lowest BCUT2D eigenvalue weighted by molar-refractivity contribution is 0.292. The molecule has 0 saturated carbocycles. The van der Waals surface area contributed by atoms with Crippen LogP contribution in [0.3, 0.4) is 0 Å². The first kappa shape index (κ1) is 10.7. The molecule has 1 radical (unpaired) electrons. The first-order valence-electron chi connectivity index (χ1n) is 5.55. The van der Waals surface area contributed by atoms with Gasteiger partial charge in [0.25, 0.3) is 0 Å². The number of rotatable bonds is 3. The fourth-order valence-electron chi connectivity index (χ4n) is 2.41. The van der Waals surface area contributed by atoms with E-state index in [1.54, 1.807) is 14.2 Å². The third-order valence-electron chi connectivity index (χ3n) is 3.14. The van der Waals surface area contributed by atoms with Gasteiger partial charge in [0.05, 0.1) is 0 Å². The SMILES string of the molecule is CO[Si](OC)c1cccc2c1-c1ccccc1-2. The summed E-state index contributed by atoms with van der Waals surface area (Å²) in [5, 5.41) is 1.20. The highest BCUT2D eigenvalue weighted by Gasteiger charge is 2.29. The molecule has 1 aliphatic carbocycles. The molecule has 0 unspecified atom stereocenters. The Hall–Kier alpha value is -1.42. The molecule has 85 valence electrons. The van der Waals surface area contributed by atoms with Crippen molar-refractivity contribution in [1.82, 2.24) is 0 Å². The third kappa shape index (κ3) is 1.47. The molecule has 0 N–H and O–H groups in total. The van der Waals surface area contributed by atoms with E-state index in [9.17, 15) is 0 Å². The summed E-state index contributed by atoms with van der Waals surface area (Å²) >= 11 is 0. The molecule has 0 aromatic heterocycles. The van der Waals surface area contributed by atoms with Crippen molar-refractivity contribution in [2.24, 2.45) is 0 Å². The molecule has 0 bridgehead atoms. The minimum atomic E-state index is -1.34. The summed E-state index contributed by atoms with van der Waals surface area (Å²) in [7, 11) is 2.08. The summed E-state index contributed by atoms with van der Waals surface area (Å²) < 4.78 is 10.9. The van der Waals surface area contributed by atoms with Crippen molar-refractivity contribution in [1.29, 1.82) is 0 Å². The number of hydrogen-bond acceptors (Lipinski definition) is 2. The van der Waals surface area contributed by atoms with Gasteiger partial charge in [0.15, 0.2) is 0 Å². The Morgan fingerprint density at radius 1 is 0.765 bits per heavy atom. The van der Waals surface area contributed by atoms with Gasteiger partial charge in [-0.1, -0.05) is 42.5 Å². The maximum atomic E-state index is 5.45. The molecule has 0 fully saturated rings. The summed E-state index contributed by atoms with van der Waals surface area (Å²) in [6, 6.07) is 14.8. The molecule has 17 heavy (non-hydrogen) atoms. The fraction of sp³-hybridized carbons (Fsp3) is 0.143. The van der Waals surface area contributed by atoms with Crippen LogP contribution in [0.1, 0.15) is 0 Å². The molecule has 0 atom stereocenters. The number of fused-ring (bicyclic) bond motifs is 4. The zero-order valence-corrected chi connectivity index (χ0v) is 10.9. The maximum absolute atomic E-state index is 5.45. The van der Waals surface area contributed by atoms with Gasteiger partial charge < -0.3 is 8.85 Å². The van der Waals surface area contributed by atoms with Crippen molar-refractivity contribution in [2.45, 2.75) is 0 Å². The van der Waals surface area contributed by atoms with Crippen LogP contribution >= 0.6 is 0 Å². The van der Waals surface area contributed by atoms with E-state index in [0.29, 0.717) is 0 Å². The van der Waals surface area contributed by atoms with Crippen molar-refractivity contribution in [3.63, 3.8) is 0 Å². The van der Waals surface area contributed by atoms with E-state index in [1.165, 1.54) is 27.4 Å². The standard InChI is InChI=1S/C14H13O2Si/c1-15-17(16-2)13-9-5-8-12-10-6-3-4-7-11(10)14(12)13/h3-9H,1-2H3. The van der Waals surface area contributed by atoms with Crippen LogP contribution in [0.5, 0.6) is 0 Å². The van der Waals surface area contributed by atoms with Crippen LogP contribution in [-0.4, -0.2) is 23.5 Å². The zero-order chi connectivity index (χ0) is 11.8. The topological polar surface area (TPSA) is 18.5 Å². The fourth-order valence-corrected chi connectivity index (χ4v) is 3.73. The Morgan fingerprint density at radius 3 is 2.12 bits per heavy atom. The largest absolute Gasteiger partial charge is 0.423 e. The van der Waals surface area contributed by atoms with Crippen molar-refractivity contribution in [3.05, 3.63) is 42.5 Å². The maximum Gasteiger partial charge on any atom is 0.423 e. The predicted octanol–water partition coefficient (Wildman–Crippen LogP) is 2.32. The predicted molar refractivity (Wildman–Crippen MR) is 70.3 cm³/mol. The zero-order valence-electron chi connectivity index (χ0n) is 9.86. The Bertz CT molecular complexity index is 562. The van der Waals surface area contributed by atoms with Crippen LogP contribution < -0.4 is 5.19 Å². The van der Waals surface area contributed by atoms with Gasteiger partial charge in [0.2, 0.25) is 0 Å². The minimum absolute atomic E-state index is 1.20. The summed E-state index contributed by atoms with van der Waals surface area (Å²) in [6.45, 7) is 0. The number of benzene rings is 2. The minimum Gasteiger partial charge on any atom is -0.393 e. The third-order valence-corrected chi connectivity index (χ3v) is 4.74. The molecule has 0 saturated heterocycles. The average molecular weight is 241 g/mol. The second kappa shape index (κ2) is 4.11. The van der Waals surface area contributed by atoms with Gasteiger partial charge in [0, 0.05) is 19.4 Å². The van der Waals surface area contributed by atoms with E-state index in [0.717, 1.165) is 0 Å². The van der Waals surface area contributed by atoms with E-state index in [4.69, 9.17) is 8.85 Å². The molecule has 1 aliphatic rings. The van der Waals surface area contributed by atoms with Gasteiger partial charge in [-0.2, -0.15) is 0 Å². The van der Waals surface area contributed by atoms with Crippen LogP contribution in [0.4, 0.5) is 0 Å². The lowest BCUT2D eigenvalue weighted by Crippen LogP contribution is -2.37. The van der Waals surface area contributed by atoms with Gasteiger partial charge in [-0.05, 0) is 22.3 Å². The van der Waals surface area contributed by atoms with Gasteiger partial charge in [-0.25, -0.2) is 0 Å². The smallest absolute Gasteiger partial charge is 0.393 e. The van der Waals surface area contributed by atoms with E-state index < -0.39 is 9.28 Å². The van der Waals surface area contributed by atoms with Crippen molar-refractivity contribution in [3.8, 4) is 22.3 Å². The van der Waals surface area contributed by atoms with Gasteiger partial charge in [-0.15, -0.1) is 0 Å². The normalized spacial score (nSPS) is 11.9. The van der Waals surface area contributed by atoms with Gasteiger partial charge in [0.1, 0.15) is 0 Å². The molecule has 2 aromatic carbocycles. The Morgan fingerprint density at radius 2 is 1.41 bits per heavy atom. The van der Waals surface area contributed by atoms with E-state index in [2.05, 4.69) is 42.5 Å². The summed E-state index contributed by atoms with van der Waals surface area (Å²) in [5.74, 6) is 0. The van der Waals surface area contributed by atoms with Crippen LogP contribution in [0.2, 0.25) is 0 Å². The van der Waals surface area contributed by atoms with Gasteiger partial charge in [-0.3, -0.25) is 0 Å². The Balaban J connectivity index is 2.14. The van der Waals surface area contributed by atoms with Gasteiger partial charge >= 0.3 is 9.28 Å². The molecule has 3 heteroatoms. The molecule has 3 rings (SSSR count). The lowest BCUT2D eigenvalue weighted by atomic mass is 9.81. The van der Waals surface area contributed by atoms with Crippen molar-refractivity contribution < 1.29 is 8.85 Å². The van der Waals surface area contributed by atoms with E-state index >= 15 is 0 Å². The highest BCUT2D eigenvalue weighted by Crippen LogP contribution is 2.45. The van der Waals surface area contributed by atoms with Crippen LogP contribution in [0, 0.1) is 0 Å². The molecule has 2 aromatic rings. The highest BCUT2D eigenvalue weighted by molar-refractivity contribution is 6.63. The summed E-state index contributed by atoms with van der Waals surface area (Å²) in [4.78, 5) is 0. The molecule has 0 heterocycles. The number of hydrogen-bond donors (Lipinski definition) is 0. The summed E-state index contributed by atoms with van der Waals surface area (Å²) in [5.41, 5.74) is 5.27. The molecule has 0 aliphatic heterocycles. The van der Waals surface area contributed by atoms with Crippen LogP contribution in [-0.2, 0) is 8.85 Å². The van der Waals surface area contributed by atoms with Crippen molar-refractivity contribution in [2.75, 3.05) is 14.2 Å². The van der Waals surface area contributed by atoms with E-state index in [-0.39, 0.29) is 0 Å². The molecule has 0 amide bonds. The second-order valence-electron chi connectivity index (χ2n) is 3.97. The lowest BCUT2D eigenvalue weighted by Gasteiger charge is -2.27. The molecule has 0 spiro atoms. The highest BCUT2D eigenvalue weighted by atomic mass is 28.3. The van der Waals surface area contributed by atoms with E-state index in [1.807, 2.05) is 0 Å². The quantitative estimate of drug-likeness (QED) is 0.655.